The molecule has 2 aromatic carbocycles. The standard InChI is InChI=1S/C22H17Cl2N3O2/c1-22(21(29)25-17-9-5-15(23)6-10-17)19-4-2-3-13-26(19)14-20(28)27(22)18-11-7-16(24)8-12-18/h2-13H,14H2,1H3/p+1/t22-/m0/s1. The molecule has 0 saturated carbocycles. The zero-order chi connectivity index (χ0) is 20.6. The quantitative estimate of drug-likeness (QED) is 0.638. The Balaban J connectivity index is 1.83. The number of amides is 2. The molecule has 1 aliphatic rings. The number of rotatable bonds is 3. The molecule has 29 heavy (non-hydrogen) atoms. The number of carbonyl (C=O) groups is 2. The number of hydrogen-bond donors (Lipinski definition) is 1. The molecular weight excluding hydrogens is 409 g/mol. The van der Waals surface area contributed by atoms with Crippen molar-refractivity contribution in [1.29, 1.82) is 0 Å². The van der Waals surface area contributed by atoms with Crippen LogP contribution in [0.25, 0.3) is 0 Å². The third-order valence-electron chi connectivity index (χ3n) is 5.07. The van der Waals surface area contributed by atoms with Crippen molar-refractivity contribution in [2.45, 2.75) is 19.0 Å². The maximum Gasteiger partial charge on any atom is 0.294 e. The van der Waals surface area contributed by atoms with Gasteiger partial charge in [-0.05, 0) is 55.5 Å². The molecule has 7 heteroatoms. The molecule has 0 radical (unpaired) electrons. The zero-order valence-electron chi connectivity index (χ0n) is 15.6. The average Bonchev–Trinajstić information content (AvgIpc) is 2.71. The van der Waals surface area contributed by atoms with E-state index in [-0.39, 0.29) is 18.4 Å². The summed E-state index contributed by atoms with van der Waals surface area (Å²) < 4.78 is 1.80. The molecular formula is C22H18Cl2N3O2+. The third-order valence-corrected chi connectivity index (χ3v) is 5.57. The molecule has 2 heterocycles. The van der Waals surface area contributed by atoms with Crippen molar-refractivity contribution in [2.24, 2.45) is 0 Å². The van der Waals surface area contributed by atoms with E-state index in [1.165, 1.54) is 4.90 Å². The lowest BCUT2D eigenvalue weighted by Gasteiger charge is -2.40. The molecule has 1 aromatic heterocycles. The minimum atomic E-state index is -1.27. The van der Waals surface area contributed by atoms with Crippen molar-refractivity contribution >= 4 is 46.4 Å². The summed E-state index contributed by atoms with van der Waals surface area (Å²) in [7, 11) is 0. The number of nitrogens with one attached hydrogen (secondary N) is 1. The minimum absolute atomic E-state index is 0.141. The summed E-state index contributed by atoms with van der Waals surface area (Å²) in [5.41, 5.74) is 0.630. The smallest absolute Gasteiger partial charge is 0.294 e. The fourth-order valence-electron chi connectivity index (χ4n) is 3.63. The molecule has 2 amide bonds. The van der Waals surface area contributed by atoms with Crippen LogP contribution in [0.2, 0.25) is 10.0 Å². The predicted molar refractivity (Wildman–Crippen MR) is 113 cm³/mol. The summed E-state index contributed by atoms with van der Waals surface area (Å²) >= 11 is 12.0. The molecule has 4 rings (SSSR count). The number of hydrogen-bond acceptors (Lipinski definition) is 2. The number of halogens is 2. The lowest BCUT2D eigenvalue weighted by Crippen LogP contribution is -2.67. The molecule has 146 valence electrons. The van der Waals surface area contributed by atoms with Crippen LogP contribution in [0.5, 0.6) is 0 Å². The van der Waals surface area contributed by atoms with Crippen LogP contribution in [0, 0.1) is 0 Å². The van der Waals surface area contributed by atoms with Crippen LogP contribution in [0.4, 0.5) is 11.4 Å². The van der Waals surface area contributed by atoms with Gasteiger partial charge >= 0.3 is 0 Å². The Morgan fingerprint density at radius 3 is 2.28 bits per heavy atom. The summed E-state index contributed by atoms with van der Waals surface area (Å²) in [5.74, 6) is -0.521. The van der Waals surface area contributed by atoms with E-state index in [1.807, 2.05) is 18.2 Å². The fraction of sp³-hybridized carbons (Fsp3) is 0.136. The second-order valence-corrected chi connectivity index (χ2v) is 7.83. The first kappa shape index (κ1) is 19.4. The first-order valence-electron chi connectivity index (χ1n) is 9.04. The average molecular weight is 427 g/mol. The van der Waals surface area contributed by atoms with Gasteiger partial charge in [0.2, 0.25) is 17.8 Å². The highest BCUT2D eigenvalue weighted by atomic mass is 35.5. The Bertz CT molecular complexity index is 1080. The second-order valence-electron chi connectivity index (χ2n) is 6.95. The predicted octanol–water partition coefficient (Wildman–Crippen LogP) is 4.18. The van der Waals surface area contributed by atoms with Crippen LogP contribution >= 0.6 is 23.2 Å². The van der Waals surface area contributed by atoms with Gasteiger partial charge in [0, 0.05) is 33.6 Å². The lowest BCUT2D eigenvalue weighted by atomic mass is 9.89. The topological polar surface area (TPSA) is 53.3 Å². The lowest BCUT2D eigenvalue weighted by molar-refractivity contribution is -0.697. The van der Waals surface area contributed by atoms with Crippen LogP contribution in [-0.4, -0.2) is 11.8 Å². The Hall–Kier alpha value is -2.89. The molecule has 1 N–H and O–H groups in total. The molecule has 5 nitrogen and oxygen atoms in total. The molecule has 0 unspecified atom stereocenters. The molecule has 0 fully saturated rings. The number of pyridine rings is 1. The van der Waals surface area contributed by atoms with Crippen LogP contribution in [0.1, 0.15) is 12.6 Å². The summed E-state index contributed by atoms with van der Waals surface area (Å²) in [4.78, 5) is 28.2. The number of carbonyl (C=O) groups excluding carboxylic acids is 2. The monoisotopic (exact) mass is 426 g/mol. The van der Waals surface area contributed by atoms with Crippen LogP contribution in [0.15, 0.2) is 72.9 Å². The second kappa shape index (κ2) is 7.50. The van der Waals surface area contributed by atoms with Gasteiger partial charge in [0.1, 0.15) is 0 Å². The maximum absolute atomic E-state index is 13.6. The van der Waals surface area contributed by atoms with Crippen molar-refractivity contribution in [3.05, 3.63) is 88.7 Å². The van der Waals surface area contributed by atoms with Crippen molar-refractivity contribution in [2.75, 3.05) is 10.2 Å². The Morgan fingerprint density at radius 1 is 1.00 bits per heavy atom. The van der Waals surface area contributed by atoms with Gasteiger partial charge in [0.15, 0.2) is 6.20 Å². The molecule has 3 aromatic rings. The van der Waals surface area contributed by atoms with Crippen LogP contribution in [0.3, 0.4) is 0 Å². The Morgan fingerprint density at radius 2 is 1.62 bits per heavy atom. The van der Waals surface area contributed by atoms with Gasteiger partial charge < -0.3 is 5.32 Å². The van der Waals surface area contributed by atoms with E-state index in [1.54, 1.807) is 66.2 Å². The summed E-state index contributed by atoms with van der Waals surface area (Å²) in [6.45, 7) is 1.89. The van der Waals surface area contributed by atoms with Gasteiger partial charge in [-0.15, -0.1) is 0 Å². The minimum Gasteiger partial charge on any atom is -0.324 e. The highest BCUT2D eigenvalue weighted by molar-refractivity contribution is 6.31. The van der Waals surface area contributed by atoms with Crippen LogP contribution in [-0.2, 0) is 21.7 Å². The van der Waals surface area contributed by atoms with Crippen LogP contribution < -0.4 is 14.8 Å². The van der Waals surface area contributed by atoms with E-state index in [9.17, 15) is 9.59 Å². The van der Waals surface area contributed by atoms with Crippen molar-refractivity contribution in [3.8, 4) is 0 Å². The number of nitrogens with zero attached hydrogens (tertiary/aromatic N) is 2. The molecule has 0 bridgehead atoms. The van der Waals surface area contributed by atoms with Gasteiger partial charge in [-0.3, -0.25) is 14.5 Å². The fourth-order valence-corrected chi connectivity index (χ4v) is 3.88. The van der Waals surface area contributed by atoms with E-state index >= 15 is 0 Å². The summed E-state index contributed by atoms with van der Waals surface area (Å²) in [6.07, 6.45) is 1.81. The normalized spacial score (nSPS) is 18.3. The van der Waals surface area contributed by atoms with E-state index in [4.69, 9.17) is 23.2 Å². The van der Waals surface area contributed by atoms with Crippen molar-refractivity contribution in [1.82, 2.24) is 0 Å². The first-order chi connectivity index (χ1) is 13.9. The SMILES string of the molecule is C[C@@]1(C(=O)Nc2ccc(Cl)cc2)c2cccc[n+]2CC(=O)N1c1ccc(Cl)cc1. The Labute approximate surface area is 178 Å². The van der Waals surface area contributed by atoms with Gasteiger partial charge in [-0.2, -0.15) is 4.57 Å². The molecule has 1 atom stereocenters. The van der Waals surface area contributed by atoms with Gasteiger partial charge in [-0.1, -0.05) is 29.3 Å². The highest BCUT2D eigenvalue weighted by Crippen LogP contribution is 2.36. The van der Waals surface area contributed by atoms with E-state index in [0.29, 0.717) is 27.1 Å². The largest absolute Gasteiger partial charge is 0.324 e. The van der Waals surface area contributed by atoms with Gasteiger partial charge in [-0.25, -0.2) is 0 Å². The van der Waals surface area contributed by atoms with Gasteiger partial charge in [0.05, 0.1) is 0 Å². The highest BCUT2D eigenvalue weighted by Gasteiger charge is 2.54. The molecule has 0 aliphatic carbocycles. The van der Waals surface area contributed by atoms with E-state index < -0.39 is 5.54 Å². The first-order valence-corrected chi connectivity index (χ1v) is 9.80. The van der Waals surface area contributed by atoms with Crippen molar-refractivity contribution in [3.63, 3.8) is 0 Å². The number of aromatic nitrogens is 1. The molecule has 0 saturated heterocycles. The van der Waals surface area contributed by atoms with E-state index in [0.717, 1.165) is 0 Å². The molecule has 1 aliphatic heterocycles. The number of benzene rings is 2. The summed E-state index contributed by atoms with van der Waals surface area (Å²) in [5, 5.41) is 4.05. The maximum atomic E-state index is 13.6. The number of fused-ring (bicyclic) bond motifs is 1. The zero-order valence-corrected chi connectivity index (χ0v) is 17.1. The van der Waals surface area contributed by atoms with Crippen molar-refractivity contribution < 1.29 is 14.2 Å². The Kier molecular flexibility index (Phi) is 5.03. The molecule has 0 spiro atoms. The number of anilines is 2. The van der Waals surface area contributed by atoms with E-state index in [2.05, 4.69) is 5.32 Å². The summed E-state index contributed by atoms with van der Waals surface area (Å²) in [6, 6.07) is 19.3. The van der Waals surface area contributed by atoms with Gasteiger partial charge in [0.25, 0.3) is 11.8 Å². The third kappa shape index (κ3) is 3.48.